The lowest BCUT2D eigenvalue weighted by atomic mass is 10.1. The molecule has 0 spiro atoms. The van der Waals surface area contributed by atoms with Crippen LogP contribution in [0.4, 0.5) is 0 Å². The molecule has 2 nitrogen and oxygen atoms in total. The molecule has 14 heavy (non-hydrogen) atoms. The maximum absolute atomic E-state index is 9.00. The van der Waals surface area contributed by atoms with Crippen LogP contribution in [0.1, 0.15) is 25.0 Å². The smallest absolute Gasteiger partial charge is 0.0720 e. The molecule has 1 N–H and O–H groups in total. The highest BCUT2D eigenvalue weighted by Crippen LogP contribution is 2.17. The third-order valence-electron chi connectivity index (χ3n) is 1.78. The second kappa shape index (κ2) is 5.49. The molecule has 0 aliphatic rings. The van der Waals surface area contributed by atoms with Gasteiger partial charge in [-0.3, -0.25) is 0 Å². The van der Waals surface area contributed by atoms with E-state index in [0.717, 1.165) is 15.6 Å². The number of hydrogen-bond acceptors (Lipinski definition) is 2. The SMILES string of the molecule is CC(C)OCc1cc(Br)cc(CO)c1. The van der Waals surface area contributed by atoms with Gasteiger partial charge in [0.1, 0.15) is 0 Å². The van der Waals surface area contributed by atoms with E-state index in [0.29, 0.717) is 6.61 Å². The Labute approximate surface area is 93.0 Å². The summed E-state index contributed by atoms with van der Waals surface area (Å²) in [5, 5.41) is 9.00. The van der Waals surface area contributed by atoms with Crippen molar-refractivity contribution >= 4 is 15.9 Å². The minimum Gasteiger partial charge on any atom is -0.392 e. The summed E-state index contributed by atoms with van der Waals surface area (Å²) in [6.07, 6.45) is 0.228. The van der Waals surface area contributed by atoms with Crippen molar-refractivity contribution in [2.75, 3.05) is 0 Å². The van der Waals surface area contributed by atoms with Crippen molar-refractivity contribution in [3.63, 3.8) is 0 Å². The summed E-state index contributed by atoms with van der Waals surface area (Å²) < 4.78 is 6.46. The first-order valence-corrected chi connectivity index (χ1v) is 5.42. The average molecular weight is 259 g/mol. The van der Waals surface area contributed by atoms with Gasteiger partial charge in [0.05, 0.1) is 19.3 Å². The predicted octanol–water partition coefficient (Wildman–Crippen LogP) is 2.87. The number of hydrogen-bond donors (Lipinski definition) is 1. The lowest BCUT2D eigenvalue weighted by Crippen LogP contribution is -2.02. The van der Waals surface area contributed by atoms with Crippen LogP contribution in [0.15, 0.2) is 22.7 Å². The summed E-state index contributed by atoms with van der Waals surface area (Å²) in [6.45, 7) is 4.66. The van der Waals surface area contributed by atoms with E-state index in [2.05, 4.69) is 15.9 Å². The molecule has 0 fully saturated rings. The van der Waals surface area contributed by atoms with Crippen LogP contribution in [0.3, 0.4) is 0 Å². The Balaban J connectivity index is 2.71. The summed E-state index contributed by atoms with van der Waals surface area (Å²) in [4.78, 5) is 0. The van der Waals surface area contributed by atoms with E-state index in [1.54, 1.807) is 0 Å². The molecule has 0 aromatic heterocycles. The standard InChI is InChI=1S/C11H15BrO2/c1-8(2)14-7-10-3-9(6-13)4-11(12)5-10/h3-5,8,13H,6-7H2,1-2H3. The van der Waals surface area contributed by atoms with Crippen molar-refractivity contribution in [3.05, 3.63) is 33.8 Å². The molecule has 0 bridgehead atoms. The van der Waals surface area contributed by atoms with Gasteiger partial charge in [-0.15, -0.1) is 0 Å². The molecule has 0 heterocycles. The van der Waals surface area contributed by atoms with Crippen LogP contribution in [0, 0.1) is 0 Å². The fourth-order valence-corrected chi connectivity index (χ4v) is 1.74. The van der Waals surface area contributed by atoms with Gasteiger partial charge in [0.25, 0.3) is 0 Å². The Kier molecular flexibility index (Phi) is 4.58. The van der Waals surface area contributed by atoms with E-state index in [4.69, 9.17) is 9.84 Å². The largest absolute Gasteiger partial charge is 0.392 e. The average Bonchev–Trinajstić information content (AvgIpc) is 2.14. The Bertz CT molecular complexity index is 297. The van der Waals surface area contributed by atoms with Gasteiger partial charge in [-0.1, -0.05) is 22.0 Å². The van der Waals surface area contributed by atoms with Crippen LogP contribution in [-0.2, 0) is 18.0 Å². The molecule has 0 amide bonds. The molecule has 0 atom stereocenters. The van der Waals surface area contributed by atoms with Crippen molar-refractivity contribution in [2.24, 2.45) is 0 Å². The van der Waals surface area contributed by atoms with Gasteiger partial charge in [0.2, 0.25) is 0 Å². The van der Waals surface area contributed by atoms with Crippen LogP contribution in [-0.4, -0.2) is 11.2 Å². The molecule has 78 valence electrons. The Hall–Kier alpha value is -0.380. The molecular formula is C11H15BrO2. The predicted molar refractivity (Wildman–Crippen MR) is 60.0 cm³/mol. The molecule has 0 saturated heterocycles. The van der Waals surface area contributed by atoms with Crippen LogP contribution >= 0.6 is 15.9 Å². The molecule has 1 aromatic rings. The number of halogens is 1. The molecular weight excluding hydrogens is 244 g/mol. The highest BCUT2D eigenvalue weighted by Gasteiger charge is 2.00. The number of benzene rings is 1. The fourth-order valence-electron chi connectivity index (χ4n) is 1.15. The van der Waals surface area contributed by atoms with Crippen molar-refractivity contribution in [3.8, 4) is 0 Å². The molecule has 3 heteroatoms. The molecule has 1 aromatic carbocycles. The zero-order chi connectivity index (χ0) is 10.6. The second-order valence-corrected chi connectivity index (χ2v) is 4.40. The van der Waals surface area contributed by atoms with Gasteiger partial charge in [-0.2, -0.15) is 0 Å². The topological polar surface area (TPSA) is 29.5 Å². The lowest BCUT2D eigenvalue weighted by Gasteiger charge is -2.09. The highest BCUT2D eigenvalue weighted by molar-refractivity contribution is 9.10. The van der Waals surface area contributed by atoms with Gasteiger partial charge >= 0.3 is 0 Å². The van der Waals surface area contributed by atoms with Gasteiger partial charge < -0.3 is 9.84 Å². The monoisotopic (exact) mass is 258 g/mol. The van der Waals surface area contributed by atoms with E-state index in [1.165, 1.54) is 0 Å². The van der Waals surface area contributed by atoms with Gasteiger partial charge in [0.15, 0.2) is 0 Å². The first-order chi connectivity index (χ1) is 6.61. The molecule has 0 saturated carbocycles. The summed E-state index contributed by atoms with van der Waals surface area (Å²) >= 11 is 3.39. The van der Waals surface area contributed by atoms with E-state index >= 15 is 0 Å². The van der Waals surface area contributed by atoms with E-state index in [1.807, 2.05) is 32.0 Å². The highest BCUT2D eigenvalue weighted by atomic mass is 79.9. The Morgan fingerprint density at radius 3 is 2.50 bits per heavy atom. The molecule has 0 aliphatic carbocycles. The van der Waals surface area contributed by atoms with Crippen molar-refractivity contribution in [1.82, 2.24) is 0 Å². The second-order valence-electron chi connectivity index (χ2n) is 3.49. The Morgan fingerprint density at radius 2 is 1.93 bits per heavy atom. The van der Waals surface area contributed by atoms with Gasteiger partial charge in [-0.25, -0.2) is 0 Å². The molecule has 0 unspecified atom stereocenters. The summed E-state index contributed by atoms with van der Waals surface area (Å²) in [7, 11) is 0. The number of aliphatic hydroxyl groups is 1. The van der Waals surface area contributed by atoms with E-state index in [9.17, 15) is 0 Å². The lowest BCUT2D eigenvalue weighted by molar-refractivity contribution is 0.0656. The maximum Gasteiger partial charge on any atom is 0.0720 e. The minimum atomic E-state index is 0.0636. The van der Waals surface area contributed by atoms with Crippen LogP contribution in [0.5, 0.6) is 0 Å². The number of ether oxygens (including phenoxy) is 1. The first-order valence-electron chi connectivity index (χ1n) is 4.62. The summed E-state index contributed by atoms with van der Waals surface area (Å²) in [6, 6.07) is 5.85. The normalized spacial score (nSPS) is 10.9. The zero-order valence-corrected chi connectivity index (χ0v) is 10.0. The van der Waals surface area contributed by atoms with Crippen molar-refractivity contribution < 1.29 is 9.84 Å². The number of rotatable bonds is 4. The van der Waals surface area contributed by atoms with Crippen LogP contribution in [0.25, 0.3) is 0 Å². The summed E-state index contributed by atoms with van der Waals surface area (Å²) in [5.41, 5.74) is 1.99. The van der Waals surface area contributed by atoms with Crippen molar-refractivity contribution in [1.29, 1.82) is 0 Å². The molecule has 0 radical (unpaired) electrons. The quantitative estimate of drug-likeness (QED) is 0.900. The molecule has 0 aliphatic heterocycles. The Morgan fingerprint density at radius 1 is 1.29 bits per heavy atom. The van der Waals surface area contributed by atoms with Crippen LogP contribution in [0.2, 0.25) is 0 Å². The summed E-state index contributed by atoms with van der Waals surface area (Å²) in [5.74, 6) is 0. The van der Waals surface area contributed by atoms with Gasteiger partial charge in [0, 0.05) is 4.47 Å². The third kappa shape index (κ3) is 3.78. The van der Waals surface area contributed by atoms with Crippen LogP contribution < -0.4 is 0 Å². The molecule has 1 rings (SSSR count). The fraction of sp³-hybridized carbons (Fsp3) is 0.455. The van der Waals surface area contributed by atoms with E-state index in [-0.39, 0.29) is 12.7 Å². The van der Waals surface area contributed by atoms with Gasteiger partial charge in [-0.05, 0) is 37.1 Å². The minimum absolute atomic E-state index is 0.0636. The number of aliphatic hydroxyl groups excluding tert-OH is 1. The zero-order valence-electron chi connectivity index (χ0n) is 8.46. The first kappa shape index (κ1) is 11.7. The van der Waals surface area contributed by atoms with E-state index < -0.39 is 0 Å². The maximum atomic E-state index is 9.00. The van der Waals surface area contributed by atoms with Crippen molar-refractivity contribution in [2.45, 2.75) is 33.2 Å². The third-order valence-corrected chi connectivity index (χ3v) is 2.24.